The average Bonchev–Trinajstić information content (AvgIpc) is 3.02. The van der Waals surface area contributed by atoms with Gasteiger partial charge >= 0.3 is 0 Å². The molecule has 2 aliphatic rings. The van der Waals surface area contributed by atoms with Gasteiger partial charge in [0, 0.05) is 24.0 Å². The molecule has 3 aromatic carbocycles. The summed E-state index contributed by atoms with van der Waals surface area (Å²) in [5, 5.41) is 0. The highest BCUT2D eigenvalue weighted by molar-refractivity contribution is 5.53. The molecule has 186 valence electrons. The van der Waals surface area contributed by atoms with E-state index in [-0.39, 0.29) is 17.0 Å². The Morgan fingerprint density at radius 2 is 1.51 bits per heavy atom. The second-order valence-corrected chi connectivity index (χ2v) is 9.41. The van der Waals surface area contributed by atoms with E-state index in [4.69, 9.17) is 18.9 Å². The van der Waals surface area contributed by atoms with Gasteiger partial charge in [0.1, 0.15) is 19.1 Å². The number of rotatable bonds is 6. The van der Waals surface area contributed by atoms with Crippen molar-refractivity contribution in [2.45, 2.75) is 38.4 Å². The maximum atomic E-state index is 5.91. The molecule has 2 atom stereocenters. The molecule has 0 radical (unpaired) electrons. The zero-order valence-corrected chi connectivity index (χ0v) is 22.6. The maximum absolute atomic E-state index is 5.91. The number of methoxy groups -OCH3 is 4. The van der Waals surface area contributed by atoms with Crippen molar-refractivity contribution in [1.29, 1.82) is 0 Å². The summed E-state index contributed by atoms with van der Waals surface area (Å²) in [6.45, 7) is 2.97. The van der Waals surface area contributed by atoms with Crippen LogP contribution in [0.25, 0.3) is 0 Å². The van der Waals surface area contributed by atoms with Gasteiger partial charge in [-0.1, -0.05) is 36.4 Å². The van der Waals surface area contributed by atoms with Crippen LogP contribution in [0.1, 0.15) is 40.3 Å². The fraction of sp³-hybridized carbons (Fsp3) is 0.379. The minimum Gasteiger partial charge on any atom is -1.00 e. The Kier molecular flexibility index (Phi) is 7.62. The zero-order chi connectivity index (χ0) is 23.7. The van der Waals surface area contributed by atoms with Crippen molar-refractivity contribution >= 4 is 0 Å². The number of ether oxygens (including phenoxy) is 4. The van der Waals surface area contributed by atoms with E-state index in [0.29, 0.717) is 6.04 Å². The predicted molar refractivity (Wildman–Crippen MR) is 133 cm³/mol. The van der Waals surface area contributed by atoms with Crippen LogP contribution in [-0.4, -0.2) is 39.5 Å². The fourth-order valence-corrected chi connectivity index (χ4v) is 6.10. The molecule has 0 fully saturated rings. The summed E-state index contributed by atoms with van der Waals surface area (Å²) >= 11 is 0. The summed E-state index contributed by atoms with van der Waals surface area (Å²) in [6, 6.07) is 19.9. The Morgan fingerprint density at radius 1 is 0.800 bits per heavy atom. The maximum Gasteiger partial charge on any atom is 0.169 e. The number of halogens is 1. The van der Waals surface area contributed by atoms with Gasteiger partial charge in [-0.15, -0.1) is 0 Å². The van der Waals surface area contributed by atoms with E-state index in [9.17, 15) is 0 Å². The lowest BCUT2D eigenvalue weighted by molar-refractivity contribution is -0.983. The van der Waals surface area contributed by atoms with Crippen molar-refractivity contribution in [3.63, 3.8) is 0 Å². The molecule has 0 saturated heterocycles. The summed E-state index contributed by atoms with van der Waals surface area (Å²) in [4.78, 5) is 0. The highest BCUT2D eigenvalue weighted by atomic mass is 79.9. The molecule has 2 heterocycles. The van der Waals surface area contributed by atoms with E-state index in [1.165, 1.54) is 27.8 Å². The van der Waals surface area contributed by atoms with Crippen molar-refractivity contribution in [2.24, 2.45) is 0 Å². The van der Waals surface area contributed by atoms with Gasteiger partial charge in [-0.3, -0.25) is 0 Å². The molecule has 35 heavy (non-hydrogen) atoms. The quantitative estimate of drug-likeness (QED) is 0.451. The number of benzene rings is 3. The van der Waals surface area contributed by atoms with Gasteiger partial charge in [0.05, 0.1) is 40.5 Å². The van der Waals surface area contributed by atoms with E-state index >= 15 is 0 Å². The first-order valence-corrected chi connectivity index (χ1v) is 12.0. The number of hydrogen-bond donors (Lipinski definition) is 0. The summed E-state index contributed by atoms with van der Waals surface area (Å²) in [5.74, 6) is 3.30. The van der Waals surface area contributed by atoms with Crippen LogP contribution < -0.4 is 35.9 Å². The highest BCUT2D eigenvalue weighted by Crippen LogP contribution is 2.50. The van der Waals surface area contributed by atoms with Crippen LogP contribution in [0, 0.1) is 0 Å². The first-order valence-electron chi connectivity index (χ1n) is 12.0. The van der Waals surface area contributed by atoms with Crippen molar-refractivity contribution in [3.8, 4) is 23.0 Å². The Morgan fingerprint density at radius 3 is 2.20 bits per heavy atom. The van der Waals surface area contributed by atoms with Crippen molar-refractivity contribution in [2.75, 3.05) is 35.0 Å². The van der Waals surface area contributed by atoms with Crippen LogP contribution in [-0.2, 0) is 25.9 Å². The Bertz CT molecular complexity index is 1180. The van der Waals surface area contributed by atoms with Crippen molar-refractivity contribution in [1.82, 2.24) is 0 Å². The van der Waals surface area contributed by atoms with Crippen molar-refractivity contribution in [3.05, 3.63) is 82.4 Å². The Hall–Kier alpha value is -2.70. The van der Waals surface area contributed by atoms with Gasteiger partial charge in [-0.25, -0.2) is 0 Å². The molecule has 0 spiro atoms. The molecule has 2 aliphatic heterocycles. The number of hydrogen-bond acceptors (Lipinski definition) is 4. The zero-order valence-electron chi connectivity index (χ0n) is 21.0. The monoisotopic (exact) mass is 539 g/mol. The molecule has 0 aromatic heterocycles. The van der Waals surface area contributed by atoms with Gasteiger partial charge in [0.15, 0.2) is 23.0 Å². The van der Waals surface area contributed by atoms with E-state index < -0.39 is 0 Å². The van der Waals surface area contributed by atoms with Gasteiger partial charge in [0.2, 0.25) is 0 Å². The van der Waals surface area contributed by atoms with Crippen LogP contribution in [0.3, 0.4) is 0 Å². The van der Waals surface area contributed by atoms with Crippen LogP contribution in [0.2, 0.25) is 0 Å². The van der Waals surface area contributed by atoms with Gasteiger partial charge in [0.25, 0.3) is 0 Å². The first-order chi connectivity index (χ1) is 16.6. The summed E-state index contributed by atoms with van der Waals surface area (Å²) < 4.78 is 23.9. The van der Waals surface area contributed by atoms with Crippen LogP contribution >= 0.6 is 0 Å². The van der Waals surface area contributed by atoms with E-state index in [2.05, 4.69) is 48.5 Å². The lowest BCUT2D eigenvalue weighted by Crippen LogP contribution is -3.00. The first kappa shape index (κ1) is 25.4. The third-order valence-electron chi connectivity index (χ3n) is 7.69. The molecule has 0 amide bonds. The van der Waals surface area contributed by atoms with Crippen molar-refractivity contribution < 1.29 is 40.4 Å². The standard InChI is InChI=1S/C29H34NO4.BrH/c1-31-26-13-12-22-15-25-23-17-28(33-3)27(32-2)16-21(23)11-8-14-30(25,19-24(22)29(26)34-4)18-20-9-6-5-7-10-20;/h5-7,9-10,12-13,16-17,25H,8,11,14-15,18-19H2,1-4H3;1H/q+1;/p-1. The molecular formula is C29H34BrNO4. The molecule has 0 saturated carbocycles. The molecular weight excluding hydrogens is 506 g/mol. The smallest absolute Gasteiger partial charge is 0.169 e. The second kappa shape index (κ2) is 10.5. The molecule has 6 heteroatoms. The summed E-state index contributed by atoms with van der Waals surface area (Å²) in [6.07, 6.45) is 3.11. The van der Waals surface area contributed by atoms with Crippen LogP contribution in [0.5, 0.6) is 23.0 Å². The fourth-order valence-electron chi connectivity index (χ4n) is 6.10. The van der Waals surface area contributed by atoms with E-state index in [0.717, 1.165) is 66.4 Å². The SMILES string of the molecule is COc1cc2c(cc1OC)C1Cc3ccc(OC)c(OC)c3C[N+]1(Cc1ccccc1)CCC2.[Br-]. The largest absolute Gasteiger partial charge is 1.00 e. The lowest BCUT2D eigenvalue weighted by Gasteiger charge is -2.48. The van der Waals surface area contributed by atoms with E-state index in [1.807, 2.05) is 6.07 Å². The minimum atomic E-state index is 0. The molecule has 2 unspecified atom stereocenters. The lowest BCUT2D eigenvalue weighted by atomic mass is 9.85. The normalized spacial score (nSPS) is 20.3. The molecule has 5 nitrogen and oxygen atoms in total. The third-order valence-corrected chi connectivity index (χ3v) is 7.69. The molecule has 0 aliphatic carbocycles. The highest BCUT2D eigenvalue weighted by Gasteiger charge is 2.46. The number of quaternary nitrogens is 1. The molecule has 0 bridgehead atoms. The third kappa shape index (κ3) is 4.50. The second-order valence-electron chi connectivity index (χ2n) is 9.41. The summed E-state index contributed by atoms with van der Waals surface area (Å²) in [7, 11) is 6.90. The molecule has 3 aromatic rings. The van der Waals surface area contributed by atoms with Gasteiger partial charge in [-0.2, -0.15) is 0 Å². The topological polar surface area (TPSA) is 36.9 Å². The summed E-state index contributed by atoms with van der Waals surface area (Å²) in [5.41, 5.74) is 6.73. The van der Waals surface area contributed by atoms with E-state index in [1.54, 1.807) is 28.4 Å². The minimum absolute atomic E-state index is 0. The molecule has 5 rings (SSSR count). The van der Waals surface area contributed by atoms with Gasteiger partial charge < -0.3 is 40.4 Å². The van der Waals surface area contributed by atoms with Crippen LogP contribution in [0.15, 0.2) is 54.6 Å². The van der Waals surface area contributed by atoms with Gasteiger partial charge in [-0.05, 0) is 35.7 Å². The Labute approximate surface area is 218 Å². The number of fused-ring (bicyclic) bond motifs is 4. The Balaban J connectivity index is 0.00000289. The van der Waals surface area contributed by atoms with Crippen LogP contribution in [0.4, 0.5) is 0 Å². The average molecular weight is 540 g/mol. The number of nitrogens with zero attached hydrogens (tertiary/aromatic N) is 1. The molecule has 0 N–H and O–H groups in total. The predicted octanol–water partition coefficient (Wildman–Crippen LogP) is 2.49. The number of aryl methyl sites for hydroxylation is 1.